The van der Waals surface area contributed by atoms with Crippen LogP contribution >= 0.6 is 11.3 Å². The van der Waals surface area contributed by atoms with Crippen LogP contribution in [0.15, 0.2) is 41.8 Å². The van der Waals surface area contributed by atoms with Crippen molar-refractivity contribution in [3.05, 3.63) is 57.8 Å². The number of aromatic carboxylic acids is 1. The number of thiophene rings is 1. The molecule has 1 aromatic carbocycles. The summed E-state index contributed by atoms with van der Waals surface area (Å²) in [7, 11) is 0. The molecule has 0 saturated carbocycles. The van der Waals surface area contributed by atoms with E-state index in [2.05, 4.69) is 11.8 Å². The predicted molar refractivity (Wildman–Crippen MR) is 107 cm³/mol. The van der Waals surface area contributed by atoms with Crippen LogP contribution in [0.1, 0.15) is 51.8 Å². The smallest absolute Gasteiger partial charge is 0.335 e. The zero-order chi connectivity index (χ0) is 19.2. The standard InChI is InChI=1S/C21H26N2O3S/c1-2-10-23(20(24)19-7-4-13-27-19)18-8-11-22(12-9-18)15-16-5-3-6-17(14-16)21(25)26/h3-7,13-14,18H,2,8-12,15H2,1H3,(H,25,26). The van der Waals surface area contributed by atoms with Gasteiger partial charge in [-0.1, -0.05) is 25.1 Å². The number of carboxylic acid groups (broad SMARTS) is 1. The first-order chi connectivity index (χ1) is 13.1. The summed E-state index contributed by atoms with van der Waals surface area (Å²) in [5.74, 6) is -0.739. The molecule has 2 heterocycles. The fourth-order valence-corrected chi connectivity index (χ4v) is 4.36. The second-order valence-electron chi connectivity index (χ2n) is 6.99. The van der Waals surface area contributed by atoms with Gasteiger partial charge in [-0.25, -0.2) is 4.79 Å². The topological polar surface area (TPSA) is 60.9 Å². The molecule has 1 amide bonds. The lowest BCUT2D eigenvalue weighted by Gasteiger charge is -2.38. The van der Waals surface area contributed by atoms with Gasteiger partial charge in [0.1, 0.15) is 0 Å². The van der Waals surface area contributed by atoms with E-state index in [0.29, 0.717) is 5.56 Å². The lowest BCUT2D eigenvalue weighted by molar-refractivity contribution is 0.0570. The van der Waals surface area contributed by atoms with Gasteiger partial charge in [-0.05, 0) is 48.4 Å². The van der Waals surface area contributed by atoms with Crippen molar-refractivity contribution in [1.29, 1.82) is 0 Å². The van der Waals surface area contributed by atoms with Crippen LogP contribution in [0, 0.1) is 0 Å². The number of benzene rings is 1. The Balaban J connectivity index is 1.59. The Morgan fingerprint density at radius 3 is 2.63 bits per heavy atom. The molecule has 1 aliphatic rings. The van der Waals surface area contributed by atoms with Gasteiger partial charge in [0.05, 0.1) is 10.4 Å². The third kappa shape index (κ3) is 4.96. The maximum Gasteiger partial charge on any atom is 0.335 e. The molecule has 1 N–H and O–H groups in total. The summed E-state index contributed by atoms with van der Waals surface area (Å²) in [5, 5.41) is 11.1. The zero-order valence-corrected chi connectivity index (χ0v) is 16.5. The van der Waals surface area contributed by atoms with Gasteiger partial charge in [-0.2, -0.15) is 0 Å². The van der Waals surface area contributed by atoms with E-state index < -0.39 is 5.97 Å². The monoisotopic (exact) mass is 386 g/mol. The van der Waals surface area contributed by atoms with Gasteiger partial charge in [-0.3, -0.25) is 9.69 Å². The van der Waals surface area contributed by atoms with Crippen LogP contribution in [0.4, 0.5) is 0 Å². The maximum atomic E-state index is 12.8. The van der Waals surface area contributed by atoms with E-state index in [-0.39, 0.29) is 11.9 Å². The minimum atomic E-state index is -0.891. The fourth-order valence-electron chi connectivity index (χ4n) is 3.68. The highest BCUT2D eigenvalue weighted by Crippen LogP contribution is 2.22. The largest absolute Gasteiger partial charge is 0.478 e. The lowest BCUT2D eigenvalue weighted by atomic mass is 10.0. The number of amides is 1. The normalized spacial score (nSPS) is 15.6. The molecule has 0 spiro atoms. The van der Waals surface area contributed by atoms with Gasteiger partial charge in [-0.15, -0.1) is 11.3 Å². The highest BCUT2D eigenvalue weighted by atomic mass is 32.1. The van der Waals surface area contributed by atoms with Crippen LogP contribution in [0.5, 0.6) is 0 Å². The van der Waals surface area contributed by atoms with Gasteiger partial charge < -0.3 is 10.0 Å². The molecule has 1 aliphatic heterocycles. The Labute approximate surface area is 164 Å². The van der Waals surface area contributed by atoms with Crippen molar-refractivity contribution in [2.45, 2.75) is 38.8 Å². The van der Waals surface area contributed by atoms with Crippen LogP contribution in [-0.2, 0) is 6.54 Å². The van der Waals surface area contributed by atoms with E-state index in [1.54, 1.807) is 18.2 Å². The second kappa shape index (κ2) is 9.15. The van der Waals surface area contributed by atoms with Crippen LogP contribution in [-0.4, -0.2) is 52.5 Å². The molecule has 1 aromatic heterocycles. The van der Waals surface area contributed by atoms with E-state index in [4.69, 9.17) is 5.11 Å². The quantitative estimate of drug-likeness (QED) is 0.782. The van der Waals surface area contributed by atoms with Gasteiger partial charge >= 0.3 is 5.97 Å². The van der Waals surface area contributed by atoms with Crippen molar-refractivity contribution in [1.82, 2.24) is 9.80 Å². The highest BCUT2D eigenvalue weighted by Gasteiger charge is 2.28. The molecule has 144 valence electrons. The van der Waals surface area contributed by atoms with Gasteiger partial charge in [0.25, 0.3) is 5.91 Å². The molecule has 2 aromatic rings. The minimum absolute atomic E-state index is 0.152. The molecule has 0 bridgehead atoms. The van der Waals surface area contributed by atoms with Crippen molar-refractivity contribution >= 4 is 23.2 Å². The molecular formula is C21H26N2O3S. The summed E-state index contributed by atoms with van der Waals surface area (Å²) in [6.07, 6.45) is 2.87. The van der Waals surface area contributed by atoms with Crippen molar-refractivity contribution < 1.29 is 14.7 Å². The first-order valence-electron chi connectivity index (χ1n) is 9.47. The molecule has 1 fully saturated rings. The predicted octanol–water partition coefficient (Wildman–Crippen LogP) is 3.96. The first kappa shape index (κ1) is 19.6. The first-order valence-corrected chi connectivity index (χ1v) is 10.4. The zero-order valence-electron chi connectivity index (χ0n) is 15.6. The summed E-state index contributed by atoms with van der Waals surface area (Å²) in [5.41, 5.74) is 1.35. The van der Waals surface area contributed by atoms with Crippen LogP contribution < -0.4 is 0 Å². The van der Waals surface area contributed by atoms with E-state index in [1.165, 1.54) is 11.3 Å². The number of rotatable bonds is 7. The molecule has 0 unspecified atom stereocenters. The molecule has 6 heteroatoms. The van der Waals surface area contributed by atoms with Crippen molar-refractivity contribution in [2.24, 2.45) is 0 Å². The summed E-state index contributed by atoms with van der Waals surface area (Å²) < 4.78 is 0. The van der Waals surface area contributed by atoms with Crippen molar-refractivity contribution in [3.63, 3.8) is 0 Å². The number of carboxylic acids is 1. The Hall–Kier alpha value is -2.18. The Morgan fingerprint density at radius 1 is 1.22 bits per heavy atom. The van der Waals surface area contributed by atoms with Crippen molar-refractivity contribution in [2.75, 3.05) is 19.6 Å². The van der Waals surface area contributed by atoms with E-state index >= 15 is 0 Å². The average Bonchev–Trinajstić information content (AvgIpc) is 3.21. The summed E-state index contributed by atoms with van der Waals surface area (Å²) in [4.78, 5) is 29.2. The van der Waals surface area contributed by atoms with Crippen LogP contribution in [0.25, 0.3) is 0 Å². The molecule has 1 saturated heterocycles. The van der Waals surface area contributed by atoms with Crippen LogP contribution in [0.3, 0.4) is 0 Å². The summed E-state index contributed by atoms with van der Waals surface area (Å²) in [6.45, 7) is 5.49. The third-order valence-electron chi connectivity index (χ3n) is 5.04. The Kier molecular flexibility index (Phi) is 6.63. The third-order valence-corrected chi connectivity index (χ3v) is 5.89. The molecule has 27 heavy (non-hydrogen) atoms. The molecule has 3 rings (SSSR count). The van der Waals surface area contributed by atoms with Gasteiger partial charge in [0, 0.05) is 32.2 Å². The Bertz CT molecular complexity index is 767. The Morgan fingerprint density at radius 2 is 2.00 bits per heavy atom. The summed E-state index contributed by atoms with van der Waals surface area (Å²) >= 11 is 1.51. The lowest BCUT2D eigenvalue weighted by Crippen LogP contribution is -2.47. The van der Waals surface area contributed by atoms with Gasteiger partial charge in [0.2, 0.25) is 0 Å². The van der Waals surface area contributed by atoms with Crippen LogP contribution in [0.2, 0.25) is 0 Å². The van der Waals surface area contributed by atoms with E-state index in [9.17, 15) is 9.59 Å². The van der Waals surface area contributed by atoms with E-state index in [1.807, 2.05) is 28.5 Å². The molecule has 5 nitrogen and oxygen atoms in total. The highest BCUT2D eigenvalue weighted by molar-refractivity contribution is 7.12. The molecule has 0 aliphatic carbocycles. The number of likely N-dealkylation sites (tertiary alicyclic amines) is 1. The number of carbonyl (C=O) groups is 2. The number of hydrogen-bond acceptors (Lipinski definition) is 4. The SMILES string of the molecule is CCCN(C(=O)c1cccs1)C1CCN(Cc2cccc(C(=O)O)c2)CC1. The second-order valence-corrected chi connectivity index (χ2v) is 7.94. The summed E-state index contributed by atoms with van der Waals surface area (Å²) in [6, 6.07) is 11.3. The number of carbonyl (C=O) groups excluding carboxylic acids is 1. The average molecular weight is 387 g/mol. The van der Waals surface area contributed by atoms with Gasteiger partial charge in [0.15, 0.2) is 0 Å². The maximum absolute atomic E-state index is 12.8. The number of hydrogen-bond donors (Lipinski definition) is 1. The number of piperidine rings is 1. The molecule has 0 atom stereocenters. The van der Waals surface area contributed by atoms with E-state index in [0.717, 1.165) is 55.9 Å². The fraction of sp³-hybridized carbons (Fsp3) is 0.429. The minimum Gasteiger partial charge on any atom is -0.478 e. The number of nitrogens with zero attached hydrogens (tertiary/aromatic N) is 2. The molecule has 0 radical (unpaired) electrons. The molecular weight excluding hydrogens is 360 g/mol. The van der Waals surface area contributed by atoms with Crippen molar-refractivity contribution in [3.8, 4) is 0 Å².